The van der Waals surface area contributed by atoms with E-state index in [-0.39, 0.29) is 37.6 Å². The highest BCUT2D eigenvalue weighted by Gasteiger charge is 2.23. The summed E-state index contributed by atoms with van der Waals surface area (Å²) in [6.07, 6.45) is 2.41. The molecule has 4 rings (SSSR count). The quantitative estimate of drug-likeness (QED) is 0.285. The Hall–Kier alpha value is -3.64. The standard InChI is InChI=1S/C25H32FN7O4/c1-3-9-33-24(35)22-23(32(25(33)36)10-8-18-6-5-7-19(26)15-18)28-20(16-21-29-27-17-37-21)31(22)12-11-30(4-2)13-14-34/h5-7,15,17,34H,3-4,8-14,16H2,1-2H3. The van der Waals surface area contributed by atoms with Gasteiger partial charge in [-0.2, -0.15) is 0 Å². The van der Waals surface area contributed by atoms with E-state index in [1.165, 1.54) is 27.7 Å². The van der Waals surface area contributed by atoms with Gasteiger partial charge in [-0.1, -0.05) is 26.0 Å². The van der Waals surface area contributed by atoms with Crippen LogP contribution in [-0.4, -0.2) is 65.1 Å². The number of aromatic nitrogens is 6. The van der Waals surface area contributed by atoms with Gasteiger partial charge in [0.2, 0.25) is 12.3 Å². The molecule has 0 saturated heterocycles. The molecule has 198 valence electrons. The van der Waals surface area contributed by atoms with Gasteiger partial charge in [0.1, 0.15) is 11.6 Å². The van der Waals surface area contributed by atoms with Crippen LogP contribution in [-0.2, 0) is 32.5 Å². The number of imidazole rings is 1. The van der Waals surface area contributed by atoms with E-state index in [1.807, 2.05) is 18.4 Å². The van der Waals surface area contributed by atoms with E-state index >= 15 is 0 Å². The second-order valence-corrected chi connectivity index (χ2v) is 8.79. The molecule has 11 nitrogen and oxygen atoms in total. The van der Waals surface area contributed by atoms with Crippen molar-refractivity contribution in [2.24, 2.45) is 0 Å². The van der Waals surface area contributed by atoms with Gasteiger partial charge in [0.05, 0.1) is 13.0 Å². The van der Waals surface area contributed by atoms with Crippen molar-refractivity contribution in [1.82, 2.24) is 33.8 Å². The van der Waals surface area contributed by atoms with Crippen LogP contribution in [0.2, 0.25) is 0 Å². The van der Waals surface area contributed by atoms with Crippen LogP contribution in [0.1, 0.15) is 37.5 Å². The van der Waals surface area contributed by atoms with E-state index in [4.69, 9.17) is 9.40 Å². The van der Waals surface area contributed by atoms with Crippen LogP contribution in [0.3, 0.4) is 0 Å². The Morgan fingerprint density at radius 2 is 1.92 bits per heavy atom. The molecule has 0 spiro atoms. The largest absolute Gasteiger partial charge is 0.428 e. The second-order valence-electron chi connectivity index (χ2n) is 8.79. The number of nitrogens with zero attached hydrogens (tertiary/aromatic N) is 7. The Kier molecular flexibility index (Phi) is 8.62. The molecule has 37 heavy (non-hydrogen) atoms. The van der Waals surface area contributed by atoms with Gasteiger partial charge in [-0.3, -0.25) is 18.8 Å². The molecule has 0 atom stereocenters. The minimum Gasteiger partial charge on any atom is -0.428 e. The normalized spacial score (nSPS) is 11.7. The molecule has 0 radical (unpaired) electrons. The number of hydrogen-bond donors (Lipinski definition) is 1. The molecule has 3 heterocycles. The number of halogens is 1. The third kappa shape index (κ3) is 5.86. The van der Waals surface area contributed by atoms with Crippen LogP contribution in [0.5, 0.6) is 0 Å². The number of aliphatic hydroxyl groups excluding tert-OH is 1. The van der Waals surface area contributed by atoms with Gasteiger partial charge in [0.25, 0.3) is 5.56 Å². The molecular formula is C25H32FN7O4. The van der Waals surface area contributed by atoms with Crippen molar-refractivity contribution in [3.8, 4) is 0 Å². The van der Waals surface area contributed by atoms with Crippen molar-refractivity contribution in [2.75, 3.05) is 26.2 Å². The van der Waals surface area contributed by atoms with Crippen molar-refractivity contribution >= 4 is 11.2 Å². The molecule has 1 aromatic carbocycles. The van der Waals surface area contributed by atoms with Crippen molar-refractivity contribution in [3.63, 3.8) is 0 Å². The Morgan fingerprint density at radius 1 is 1.08 bits per heavy atom. The fourth-order valence-corrected chi connectivity index (χ4v) is 4.49. The van der Waals surface area contributed by atoms with Crippen molar-refractivity contribution in [1.29, 1.82) is 0 Å². The first-order chi connectivity index (χ1) is 18.0. The van der Waals surface area contributed by atoms with E-state index in [2.05, 4.69) is 15.1 Å². The number of fused-ring (bicyclic) bond motifs is 1. The molecular weight excluding hydrogens is 481 g/mol. The first kappa shape index (κ1) is 26.4. The first-order valence-corrected chi connectivity index (χ1v) is 12.5. The van der Waals surface area contributed by atoms with Crippen LogP contribution >= 0.6 is 0 Å². The minimum absolute atomic E-state index is 0.0241. The fraction of sp³-hybridized carbons (Fsp3) is 0.480. The Bertz CT molecular complexity index is 1440. The summed E-state index contributed by atoms with van der Waals surface area (Å²) in [5.41, 5.74) is 0.486. The lowest BCUT2D eigenvalue weighted by molar-refractivity contribution is 0.197. The molecule has 1 N–H and O–H groups in total. The molecule has 0 unspecified atom stereocenters. The summed E-state index contributed by atoms with van der Waals surface area (Å²) in [4.78, 5) is 33.9. The second kappa shape index (κ2) is 12.1. The average molecular weight is 514 g/mol. The van der Waals surface area contributed by atoms with Crippen LogP contribution < -0.4 is 11.2 Å². The number of hydrogen-bond acceptors (Lipinski definition) is 8. The summed E-state index contributed by atoms with van der Waals surface area (Å²) >= 11 is 0. The summed E-state index contributed by atoms with van der Waals surface area (Å²) in [6, 6.07) is 6.24. The Labute approximate surface area is 212 Å². The van der Waals surface area contributed by atoms with E-state index < -0.39 is 11.2 Å². The van der Waals surface area contributed by atoms with Crippen LogP contribution in [0.15, 0.2) is 44.7 Å². The Morgan fingerprint density at radius 3 is 2.59 bits per heavy atom. The molecule has 0 saturated carbocycles. The van der Waals surface area contributed by atoms with Gasteiger partial charge in [0, 0.05) is 32.7 Å². The summed E-state index contributed by atoms with van der Waals surface area (Å²) in [7, 11) is 0. The lowest BCUT2D eigenvalue weighted by Crippen LogP contribution is -2.41. The zero-order valence-corrected chi connectivity index (χ0v) is 21.1. The molecule has 4 aromatic rings. The number of likely N-dealkylation sites (N-methyl/N-ethyl adjacent to an activating group) is 1. The number of aliphatic hydroxyl groups is 1. The molecule has 0 amide bonds. The summed E-state index contributed by atoms with van der Waals surface area (Å²) in [5, 5.41) is 17.1. The van der Waals surface area contributed by atoms with Crippen LogP contribution in [0.4, 0.5) is 4.39 Å². The highest BCUT2D eigenvalue weighted by atomic mass is 19.1. The summed E-state index contributed by atoms with van der Waals surface area (Å²) in [5.74, 6) is 0.506. The minimum atomic E-state index is -0.444. The van der Waals surface area contributed by atoms with Crippen molar-refractivity contribution in [3.05, 3.63) is 74.6 Å². The monoisotopic (exact) mass is 513 g/mol. The third-order valence-corrected chi connectivity index (χ3v) is 6.37. The van der Waals surface area contributed by atoms with Crippen LogP contribution in [0, 0.1) is 5.82 Å². The fourth-order valence-electron chi connectivity index (χ4n) is 4.49. The Balaban J connectivity index is 1.85. The predicted octanol–water partition coefficient (Wildman–Crippen LogP) is 1.44. The van der Waals surface area contributed by atoms with E-state index in [1.54, 1.807) is 12.1 Å². The van der Waals surface area contributed by atoms with Gasteiger partial charge in [-0.25, -0.2) is 14.2 Å². The number of benzene rings is 1. The lowest BCUT2D eigenvalue weighted by atomic mass is 10.1. The number of rotatable bonds is 13. The smallest absolute Gasteiger partial charge is 0.332 e. The van der Waals surface area contributed by atoms with Crippen molar-refractivity contribution < 1.29 is 13.9 Å². The molecule has 3 aromatic heterocycles. The topological polar surface area (TPSA) is 124 Å². The molecule has 0 fully saturated rings. The van der Waals surface area contributed by atoms with Gasteiger partial charge in [-0.15, -0.1) is 10.2 Å². The molecule has 0 aliphatic rings. The predicted molar refractivity (Wildman–Crippen MR) is 135 cm³/mol. The maximum absolute atomic E-state index is 13.7. The lowest BCUT2D eigenvalue weighted by Gasteiger charge is -2.20. The third-order valence-electron chi connectivity index (χ3n) is 6.37. The molecule has 12 heteroatoms. The van der Waals surface area contributed by atoms with E-state index in [9.17, 15) is 19.1 Å². The van der Waals surface area contributed by atoms with Crippen LogP contribution in [0.25, 0.3) is 11.2 Å². The van der Waals surface area contributed by atoms with Crippen molar-refractivity contribution in [2.45, 2.75) is 52.7 Å². The average Bonchev–Trinajstić information content (AvgIpc) is 3.52. The molecule has 0 aliphatic carbocycles. The molecule has 0 aliphatic heterocycles. The van der Waals surface area contributed by atoms with Gasteiger partial charge >= 0.3 is 5.69 Å². The molecule has 0 bridgehead atoms. The summed E-state index contributed by atoms with van der Waals surface area (Å²) < 4.78 is 23.6. The van der Waals surface area contributed by atoms with E-state index in [0.717, 1.165) is 12.1 Å². The zero-order chi connectivity index (χ0) is 26.4. The maximum Gasteiger partial charge on any atom is 0.332 e. The van der Waals surface area contributed by atoms with E-state index in [0.29, 0.717) is 49.7 Å². The number of aryl methyl sites for hydroxylation is 2. The highest BCUT2D eigenvalue weighted by molar-refractivity contribution is 5.71. The van der Waals surface area contributed by atoms with Gasteiger partial charge in [0.15, 0.2) is 11.2 Å². The SMILES string of the molecule is CCCn1c(=O)c2c(nc(Cc3nnco3)n2CCN(CC)CCO)n(CCc2cccc(F)c2)c1=O. The van der Waals surface area contributed by atoms with Gasteiger partial charge < -0.3 is 14.1 Å². The first-order valence-electron chi connectivity index (χ1n) is 12.5. The maximum atomic E-state index is 13.7. The summed E-state index contributed by atoms with van der Waals surface area (Å²) in [6.45, 7) is 6.63. The van der Waals surface area contributed by atoms with Gasteiger partial charge in [-0.05, 0) is 37.1 Å². The highest BCUT2D eigenvalue weighted by Crippen LogP contribution is 2.16. The zero-order valence-electron chi connectivity index (χ0n) is 21.1.